The Labute approximate surface area is 326 Å². The van der Waals surface area contributed by atoms with E-state index in [1.54, 1.807) is 6.08 Å². The second kappa shape index (κ2) is 37.1. The van der Waals surface area contributed by atoms with Crippen molar-refractivity contribution in [3.63, 3.8) is 0 Å². The molecule has 12 heteroatoms. The van der Waals surface area contributed by atoms with Crippen LogP contribution in [0.25, 0.3) is 0 Å². The van der Waals surface area contributed by atoms with Crippen LogP contribution < -0.4 is 5.73 Å². The number of phosphoric ester groups is 1. The van der Waals surface area contributed by atoms with E-state index in [9.17, 15) is 23.8 Å². The molecule has 0 aromatic heterocycles. The lowest BCUT2D eigenvalue weighted by Crippen LogP contribution is -2.34. The Kier molecular flexibility index (Phi) is 35.2. The molecule has 0 aromatic carbocycles. The zero-order valence-corrected chi connectivity index (χ0v) is 34.2. The molecule has 310 valence electrons. The average Bonchev–Trinajstić information content (AvgIpc) is 3.14. The molecule has 0 aromatic rings. The predicted molar refractivity (Wildman–Crippen MR) is 217 cm³/mol. The highest BCUT2D eigenvalue weighted by molar-refractivity contribution is 7.47. The summed E-state index contributed by atoms with van der Waals surface area (Å²) in [7, 11) is -4.74. The summed E-state index contributed by atoms with van der Waals surface area (Å²) in [5, 5.41) is 8.87. The van der Waals surface area contributed by atoms with E-state index in [1.165, 1.54) is 70.6 Å². The zero-order valence-electron chi connectivity index (χ0n) is 33.3. The number of aliphatic carboxylic acids is 1. The number of nitrogens with two attached hydrogens (primary N) is 1. The van der Waals surface area contributed by atoms with Crippen LogP contribution in [0, 0.1) is 0 Å². The van der Waals surface area contributed by atoms with E-state index in [0.717, 1.165) is 44.9 Å². The van der Waals surface area contributed by atoms with E-state index < -0.39 is 51.1 Å². The Morgan fingerprint density at radius 2 is 1.02 bits per heavy atom. The van der Waals surface area contributed by atoms with Crippen molar-refractivity contribution in [1.29, 1.82) is 0 Å². The first-order chi connectivity index (χ1) is 26.1. The molecular weight excluding hydrogens is 709 g/mol. The third-order valence-electron chi connectivity index (χ3n) is 8.31. The van der Waals surface area contributed by atoms with Crippen molar-refractivity contribution < 1.29 is 47.5 Å². The molecule has 4 N–H and O–H groups in total. The van der Waals surface area contributed by atoms with Crippen LogP contribution in [-0.4, -0.2) is 59.9 Å². The lowest BCUT2D eigenvalue weighted by molar-refractivity contribution is -0.160. The van der Waals surface area contributed by atoms with Crippen molar-refractivity contribution in [2.75, 3.05) is 19.8 Å². The Morgan fingerprint density at radius 1 is 0.593 bits per heavy atom. The number of carboxylic acids is 1. The number of carbonyl (C=O) groups is 3. The first-order valence-corrected chi connectivity index (χ1v) is 21.8. The molecule has 0 heterocycles. The van der Waals surface area contributed by atoms with Gasteiger partial charge in [-0.05, 0) is 38.5 Å². The maximum atomic E-state index is 12.5. The summed E-state index contributed by atoms with van der Waals surface area (Å²) in [5.74, 6) is -2.54. The molecule has 0 bridgehead atoms. The van der Waals surface area contributed by atoms with Gasteiger partial charge in [-0.25, -0.2) is 4.57 Å². The zero-order chi connectivity index (χ0) is 40.0. The van der Waals surface area contributed by atoms with Crippen molar-refractivity contribution in [3.8, 4) is 0 Å². The van der Waals surface area contributed by atoms with Gasteiger partial charge in [0.05, 0.1) is 19.6 Å². The van der Waals surface area contributed by atoms with Gasteiger partial charge < -0.3 is 25.2 Å². The second-order valence-corrected chi connectivity index (χ2v) is 14.9. The van der Waals surface area contributed by atoms with Gasteiger partial charge in [-0.1, -0.05) is 164 Å². The van der Waals surface area contributed by atoms with Gasteiger partial charge in [-0.3, -0.25) is 23.4 Å². The lowest BCUT2D eigenvalue weighted by Gasteiger charge is -2.20. The molecule has 0 spiro atoms. The second-order valence-electron chi connectivity index (χ2n) is 13.4. The summed E-state index contributed by atoms with van der Waals surface area (Å²) in [5.41, 5.74) is 5.31. The Hall–Kier alpha value is -2.82. The third kappa shape index (κ3) is 36.2. The summed E-state index contributed by atoms with van der Waals surface area (Å²) in [6.45, 7) is 2.58. The summed E-state index contributed by atoms with van der Waals surface area (Å²) in [6, 6.07) is -1.54. The number of esters is 2. The van der Waals surface area contributed by atoms with Crippen LogP contribution in [0.5, 0.6) is 0 Å². The predicted octanol–water partition coefficient (Wildman–Crippen LogP) is 10.4. The highest BCUT2D eigenvalue weighted by atomic mass is 31.2. The van der Waals surface area contributed by atoms with E-state index in [2.05, 4.69) is 54.8 Å². The quantitative estimate of drug-likeness (QED) is 0.0237. The molecule has 11 nitrogen and oxygen atoms in total. The topological polar surface area (TPSA) is 172 Å². The third-order valence-corrected chi connectivity index (χ3v) is 9.26. The van der Waals surface area contributed by atoms with E-state index in [1.807, 2.05) is 18.2 Å². The summed E-state index contributed by atoms with van der Waals surface area (Å²) >= 11 is 0. The molecule has 3 atom stereocenters. The molecule has 0 saturated carbocycles. The molecule has 0 aliphatic heterocycles. The fraction of sp³-hybridized carbons (Fsp3) is 0.690. The highest BCUT2D eigenvalue weighted by Gasteiger charge is 2.28. The van der Waals surface area contributed by atoms with Crippen molar-refractivity contribution in [2.45, 2.75) is 167 Å². The first-order valence-electron chi connectivity index (χ1n) is 20.3. The number of carboxylic acid groups (broad SMARTS) is 1. The van der Waals surface area contributed by atoms with Gasteiger partial charge in [0, 0.05) is 6.42 Å². The molecule has 0 fully saturated rings. The van der Waals surface area contributed by atoms with E-state index in [4.69, 9.17) is 24.8 Å². The van der Waals surface area contributed by atoms with Crippen LogP contribution in [0.1, 0.15) is 155 Å². The fourth-order valence-corrected chi connectivity index (χ4v) is 5.92. The molecule has 0 rings (SSSR count). The van der Waals surface area contributed by atoms with Gasteiger partial charge in [0.15, 0.2) is 6.10 Å². The minimum atomic E-state index is -4.74. The maximum Gasteiger partial charge on any atom is 0.472 e. The molecule has 0 radical (unpaired) electrons. The molecule has 0 aliphatic rings. The minimum Gasteiger partial charge on any atom is -0.480 e. The van der Waals surface area contributed by atoms with Crippen LogP contribution >= 0.6 is 7.82 Å². The number of hydrogen-bond acceptors (Lipinski definition) is 9. The van der Waals surface area contributed by atoms with Crippen molar-refractivity contribution in [2.24, 2.45) is 5.73 Å². The van der Waals surface area contributed by atoms with Crippen molar-refractivity contribution >= 4 is 25.7 Å². The fourth-order valence-electron chi connectivity index (χ4n) is 5.14. The summed E-state index contributed by atoms with van der Waals surface area (Å²) < 4.78 is 32.5. The normalized spacial score (nSPS) is 14.4. The van der Waals surface area contributed by atoms with E-state index in [-0.39, 0.29) is 19.4 Å². The summed E-state index contributed by atoms with van der Waals surface area (Å²) in [4.78, 5) is 45.8. The number of unbranched alkanes of at least 4 members (excludes halogenated alkanes) is 14. The molecule has 0 aliphatic carbocycles. The molecule has 0 amide bonds. The summed E-state index contributed by atoms with van der Waals surface area (Å²) in [6.07, 6.45) is 41.8. The number of phosphoric acid groups is 1. The number of ether oxygens (including phenoxy) is 2. The van der Waals surface area contributed by atoms with Crippen LogP contribution in [0.4, 0.5) is 0 Å². The number of carbonyl (C=O) groups excluding carboxylic acids is 2. The van der Waals surface area contributed by atoms with Crippen LogP contribution in [0.2, 0.25) is 0 Å². The Morgan fingerprint density at radius 3 is 1.48 bits per heavy atom. The van der Waals surface area contributed by atoms with Crippen LogP contribution in [-0.2, 0) is 37.5 Å². The van der Waals surface area contributed by atoms with Crippen molar-refractivity contribution in [1.82, 2.24) is 0 Å². The smallest absolute Gasteiger partial charge is 0.472 e. The number of rotatable bonds is 37. The average molecular weight is 782 g/mol. The number of hydrogen-bond donors (Lipinski definition) is 3. The lowest BCUT2D eigenvalue weighted by atomic mass is 10.0. The standard InChI is InChI=1S/C42H72NO10P/c1-3-5-7-9-11-13-15-17-19-21-23-25-27-29-31-33-40(44)50-35-38(36-51-54(48,49)52-37-39(43)42(46)47)53-41(45)34-32-30-28-26-24-22-20-18-16-14-12-10-8-6-4-2/h6,8,12,14,18,20,24,26,30,32,38-39H,3-5,7,9-11,13,15-17,19,21-23,25,27-29,31,33-37,43H2,1-2H3,(H,46,47)(H,48,49)/b8-6-,14-12-,20-18-,26-24-,32-30-. The maximum absolute atomic E-state index is 12.5. The largest absolute Gasteiger partial charge is 0.480 e. The molecule has 0 saturated heterocycles. The van der Waals surface area contributed by atoms with Gasteiger partial charge in [0.2, 0.25) is 0 Å². The minimum absolute atomic E-state index is 0.0716. The molecule has 3 unspecified atom stereocenters. The van der Waals surface area contributed by atoms with Crippen molar-refractivity contribution in [3.05, 3.63) is 60.8 Å². The van der Waals surface area contributed by atoms with Gasteiger partial charge in [-0.2, -0.15) is 0 Å². The van der Waals surface area contributed by atoms with Gasteiger partial charge in [-0.15, -0.1) is 0 Å². The first kappa shape index (κ1) is 51.2. The van der Waals surface area contributed by atoms with Gasteiger partial charge in [0.1, 0.15) is 12.6 Å². The molecule has 54 heavy (non-hydrogen) atoms. The van der Waals surface area contributed by atoms with E-state index >= 15 is 0 Å². The SMILES string of the molecule is CC/C=C\C/C=C\C/C=C\C/C=C\C/C=C\CC(=O)OC(COC(=O)CCCCCCCCCCCCCCCCC)COP(=O)(O)OCC(N)C(=O)O. The molecular formula is C42H72NO10P. The van der Waals surface area contributed by atoms with Gasteiger partial charge >= 0.3 is 25.7 Å². The number of allylic oxidation sites excluding steroid dienone is 9. The van der Waals surface area contributed by atoms with E-state index in [0.29, 0.717) is 12.8 Å². The Bertz CT molecular complexity index is 1150. The Balaban J connectivity index is 4.53. The highest BCUT2D eigenvalue weighted by Crippen LogP contribution is 2.43. The monoisotopic (exact) mass is 781 g/mol. The van der Waals surface area contributed by atoms with Gasteiger partial charge in [0.25, 0.3) is 0 Å². The van der Waals surface area contributed by atoms with Crippen LogP contribution in [0.15, 0.2) is 60.8 Å². The van der Waals surface area contributed by atoms with Crippen LogP contribution in [0.3, 0.4) is 0 Å².